The molecule has 3 aromatic carbocycles. The maximum atomic E-state index is 13.6. The second-order valence-electron chi connectivity index (χ2n) is 8.52. The highest BCUT2D eigenvalue weighted by molar-refractivity contribution is 7.99. The first-order valence-electron chi connectivity index (χ1n) is 11.4. The van der Waals surface area contributed by atoms with E-state index in [9.17, 15) is 13.2 Å². The van der Waals surface area contributed by atoms with Gasteiger partial charge in [0, 0.05) is 11.3 Å². The number of hydrogen-bond acceptors (Lipinski definition) is 6. The van der Waals surface area contributed by atoms with Crippen LogP contribution < -0.4 is 9.62 Å². The first-order valence-corrected chi connectivity index (χ1v) is 13.8. The number of carbonyl (C=O) groups is 1. The van der Waals surface area contributed by atoms with Crippen LogP contribution in [0.25, 0.3) is 11.3 Å². The zero-order valence-corrected chi connectivity index (χ0v) is 21.4. The topological polar surface area (TPSA) is 92.3 Å². The van der Waals surface area contributed by atoms with Crippen LogP contribution in [0.3, 0.4) is 0 Å². The Balaban J connectivity index is 1.39. The van der Waals surface area contributed by atoms with Crippen molar-refractivity contribution in [1.29, 1.82) is 0 Å². The van der Waals surface area contributed by atoms with Crippen LogP contribution in [0.4, 0.5) is 11.4 Å². The van der Waals surface area contributed by atoms with Gasteiger partial charge in [0.15, 0.2) is 5.16 Å². The van der Waals surface area contributed by atoms with Crippen molar-refractivity contribution in [1.82, 2.24) is 9.97 Å². The van der Waals surface area contributed by atoms with E-state index in [1.54, 1.807) is 6.07 Å². The Labute approximate surface area is 214 Å². The van der Waals surface area contributed by atoms with Crippen molar-refractivity contribution in [2.75, 3.05) is 15.4 Å². The van der Waals surface area contributed by atoms with Gasteiger partial charge in [0.1, 0.15) is 4.90 Å². The summed E-state index contributed by atoms with van der Waals surface area (Å²) in [5, 5.41) is 3.22. The molecule has 0 radical (unpaired) electrons. The first kappa shape index (κ1) is 24.0. The predicted octanol–water partition coefficient (Wildman–Crippen LogP) is 5.20. The van der Waals surface area contributed by atoms with Crippen molar-refractivity contribution in [2.45, 2.75) is 30.4 Å². The highest BCUT2D eigenvalue weighted by atomic mass is 32.2. The van der Waals surface area contributed by atoms with E-state index in [4.69, 9.17) is 0 Å². The molecule has 36 heavy (non-hydrogen) atoms. The van der Waals surface area contributed by atoms with Crippen LogP contribution >= 0.6 is 11.8 Å². The van der Waals surface area contributed by atoms with Gasteiger partial charge in [0.05, 0.1) is 29.9 Å². The molecule has 7 nitrogen and oxygen atoms in total. The smallest absolute Gasteiger partial charge is 0.268 e. The monoisotopic (exact) mass is 516 g/mol. The minimum atomic E-state index is -3.87. The molecule has 2 heterocycles. The van der Waals surface area contributed by atoms with E-state index in [-0.39, 0.29) is 23.1 Å². The molecule has 1 amide bonds. The van der Waals surface area contributed by atoms with Crippen LogP contribution in [-0.4, -0.2) is 30.0 Å². The number of para-hydroxylation sites is 1. The fraction of sp³-hybridized carbons (Fsp3) is 0.148. The van der Waals surface area contributed by atoms with Gasteiger partial charge in [-0.15, -0.1) is 0 Å². The predicted molar refractivity (Wildman–Crippen MR) is 143 cm³/mol. The van der Waals surface area contributed by atoms with Gasteiger partial charge in [-0.1, -0.05) is 66.4 Å². The maximum absolute atomic E-state index is 13.6. The average Bonchev–Trinajstić information content (AvgIpc) is 2.88. The third kappa shape index (κ3) is 4.72. The van der Waals surface area contributed by atoms with Crippen molar-refractivity contribution in [3.8, 4) is 11.3 Å². The number of anilines is 2. The van der Waals surface area contributed by atoms with Gasteiger partial charge < -0.3 is 5.32 Å². The highest BCUT2D eigenvalue weighted by Gasteiger charge is 2.36. The van der Waals surface area contributed by atoms with Gasteiger partial charge in [-0.2, -0.15) is 0 Å². The normalized spacial score (nSPS) is 13.6. The lowest BCUT2D eigenvalue weighted by Gasteiger charge is -2.31. The summed E-state index contributed by atoms with van der Waals surface area (Å²) in [5.74, 6) is -0.0908. The summed E-state index contributed by atoms with van der Waals surface area (Å²) in [4.78, 5) is 21.4. The number of carbonyl (C=O) groups excluding carboxylic acids is 1. The van der Waals surface area contributed by atoms with Crippen LogP contribution in [0, 0.1) is 13.8 Å². The molecule has 1 aliphatic heterocycles. The molecule has 0 spiro atoms. The molecule has 0 bridgehead atoms. The minimum Gasteiger partial charge on any atom is -0.325 e. The van der Waals surface area contributed by atoms with Crippen LogP contribution in [0.5, 0.6) is 0 Å². The molecule has 0 saturated carbocycles. The number of sulfonamides is 1. The van der Waals surface area contributed by atoms with Crippen molar-refractivity contribution in [3.05, 3.63) is 95.7 Å². The SMILES string of the molecule is Cc1ccc(NC(=O)CSc2ncc3c(n2)-c2ccccc2N(Cc2ccccc2)S3(=O)=O)cc1C. The van der Waals surface area contributed by atoms with E-state index in [1.807, 2.05) is 80.6 Å². The molecular formula is C27H24N4O3S2. The first-order chi connectivity index (χ1) is 17.3. The number of amides is 1. The summed E-state index contributed by atoms with van der Waals surface area (Å²) >= 11 is 1.16. The van der Waals surface area contributed by atoms with Gasteiger partial charge in [-0.3, -0.25) is 9.10 Å². The van der Waals surface area contributed by atoms with Crippen molar-refractivity contribution in [3.63, 3.8) is 0 Å². The summed E-state index contributed by atoms with van der Waals surface area (Å²) < 4.78 is 28.6. The summed E-state index contributed by atoms with van der Waals surface area (Å²) in [6, 6.07) is 22.5. The Hall–Kier alpha value is -3.69. The third-order valence-electron chi connectivity index (χ3n) is 6.02. The quantitative estimate of drug-likeness (QED) is 0.280. The summed E-state index contributed by atoms with van der Waals surface area (Å²) in [5.41, 5.74) is 5.48. The molecule has 5 rings (SSSR count). The number of hydrogen-bond donors (Lipinski definition) is 1. The molecule has 1 aromatic heterocycles. The number of aromatic nitrogens is 2. The molecule has 0 atom stereocenters. The van der Waals surface area contributed by atoms with Crippen LogP contribution in [0.2, 0.25) is 0 Å². The van der Waals surface area contributed by atoms with Gasteiger partial charge >= 0.3 is 0 Å². The molecule has 4 aromatic rings. The number of nitrogens with one attached hydrogen (secondary N) is 1. The molecular weight excluding hydrogens is 492 g/mol. The Morgan fingerprint density at radius 1 is 0.972 bits per heavy atom. The van der Waals surface area contributed by atoms with Crippen LogP contribution in [0.1, 0.15) is 16.7 Å². The Morgan fingerprint density at radius 2 is 1.72 bits per heavy atom. The van der Waals surface area contributed by atoms with Crippen LogP contribution in [-0.2, 0) is 21.4 Å². The molecule has 0 unspecified atom stereocenters. The third-order valence-corrected chi connectivity index (χ3v) is 8.64. The fourth-order valence-corrected chi connectivity index (χ4v) is 6.19. The van der Waals surface area contributed by atoms with E-state index in [0.29, 0.717) is 22.1 Å². The largest absolute Gasteiger partial charge is 0.325 e. The standard InChI is InChI=1S/C27H24N4O3S2/c1-18-12-13-21(14-19(18)2)29-25(32)17-35-27-28-15-24-26(30-27)22-10-6-7-11-23(22)31(36(24,33)34)16-20-8-4-3-5-9-20/h3-15H,16-17H2,1-2H3,(H,29,32). The van der Waals surface area contributed by atoms with Crippen molar-refractivity contribution >= 4 is 39.1 Å². The number of aryl methyl sites for hydroxylation is 2. The maximum Gasteiger partial charge on any atom is 0.268 e. The Morgan fingerprint density at radius 3 is 2.50 bits per heavy atom. The van der Waals surface area contributed by atoms with Crippen LogP contribution in [0.15, 0.2) is 89.0 Å². The molecule has 1 aliphatic rings. The van der Waals surface area contributed by atoms with E-state index in [2.05, 4.69) is 15.3 Å². The lowest BCUT2D eigenvalue weighted by molar-refractivity contribution is -0.113. The molecule has 0 fully saturated rings. The molecule has 9 heteroatoms. The summed E-state index contributed by atoms with van der Waals surface area (Å²) in [6.07, 6.45) is 1.34. The lowest BCUT2D eigenvalue weighted by Crippen LogP contribution is -2.34. The number of rotatable bonds is 6. The van der Waals surface area contributed by atoms with E-state index < -0.39 is 10.0 Å². The number of fused-ring (bicyclic) bond motifs is 3. The molecule has 182 valence electrons. The number of benzene rings is 3. The van der Waals surface area contributed by atoms with Crippen molar-refractivity contribution in [2.24, 2.45) is 0 Å². The zero-order valence-electron chi connectivity index (χ0n) is 19.8. The fourth-order valence-electron chi connectivity index (χ4n) is 4.01. The Kier molecular flexibility index (Phi) is 6.51. The lowest BCUT2D eigenvalue weighted by atomic mass is 10.1. The van der Waals surface area contributed by atoms with E-state index in [1.165, 1.54) is 10.5 Å². The van der Waals surface area contributed by atoms with Gasteiger partial charge in [0.25, 0.3) is 10.0 Å². The summed E-state index contributed by atoms with van der Waals surface area (Å²) in [7, 11) is -3.87. The molecule has 1 N–H and O–H groups in total. The zero-order chi connectivity index (χ0) is 25.3. The summed E-state index contributed by atoms with van der Waals surface area (Å²) in [6.45, 7) is 4.21. The van der Waals surface area contributed by atoms with E-state index in [0.717, 1.165) is 34.1 Å². The highest BCUT2D eigenvalue weighted by Crippen LogP contribution is 2.42. The number of thioether (sulfide) groups is 1. The Bertz CT molecular complexity index is 1560. The van der Waals surface area contributed by atoms with Crippen molar-refractivity contribution < 1.29 is 13.2 Å². The van der Waals surface area contributed by atoms with E-state index >= 15 is 0 Å². The molecule has 0 aliphatic carbocycles. The number of nitrogens with zero attached hydrogens (tertiary/aromatic N) is 3. The second kappa shape index (κ2) is 9.75. The van der Waals surface area contributed by atoms with Gasteiger partial charge in [-0.05, 0) is 48.7 Å². The van der Waals surface area contributed by atoms with Gasteiger partial charge in [-0.25, -0.2) is 18.4 Å². The minimum absolute atomic E-state index is 0.0565. The van der Waals surface area contributed by atoms with Gasteiger partial charge in [0.2, 0.25) is 5.91 Å². The molecule has 0 saturated heterocycles. The second-order valence-corrected chi connectivity index (χ2v) is 11.3. The average molecular weight is 517 g/mol.